The third kappa shape index (κ3) is 23.3. The molecule has 8 aliphatic heterocycles. The van der Waals surface area contributed by atoms with Crippen molar-refractivity contribution in [1.29, 1.82) is 0 Å². The molecule has 136 heavy (non-hydrogen) atoms. The number of carbonyl (C=O) groups is 2. The first-order valence-corrected chi connectivity index (χ1v) is 49.4. The Bertz CT molecular complexity index is 5760. The molecular formula is C116H136N12O8. The first-order chi connectivity index (χ1) is 66.8. The Morgan fingerprint density at radius 1 is 0.316 bits per heavy atom. The van der Waals surface area contributed by atoms with Crippen LogP contribution in [-0.2, 0) is 45.0 Å². The van der Waals surface area contributed by atoms with Crippen LogP contribution in [0.1, 0.15) is 131 Å². The second kappa shape index (κ2) is 47.0. The highest BCUT2D eigenvalue weighted by molar-refractivity contribution is 5.80. The van der Waals surface area contributed by atoms with E-state index in [0.29, 0.717) is 74.0 Å². The second-order valence-electron chi connectivity index (χ2n) is 38.3. The summed E-state index contributed by atoms with van der Waals surface area (Å²) >= 11 is 0. The van der Waals surface area contributed by atoms with Gasteiger partial charge in [0, 0.05) is 188 Å². The van der Waals surface area contributed by atoms with Gasteiger partial charge in [0.05, 0.1) is 53.5 Å². The van der Waals surface area contributed by atoms with Crippen molar-refractivity contribution in [2.45, 2.75) is 163 Å². The first-order valence-electron chi connectivity index (χ1n) is 49.4. The lowest BCUT2D eigenvalue weighted by molar-refractivity contribution is -0.136. The molecule has 0 saturated carbocycles. The fraction of sp³-hybridized carbons (Fsp3) is 0.397. The van der Waals surface area contributed by atoms with E-state index in [-0.39, 0.29) is 49.1 Å². The molecule has 12 atom stereocenters. The highest BCUT2D eigenvalue weighted by atomic mass is 16.5. The smallest absolute Gasteiger partial charge is 0.227 e. The van der Waals surface area contributed by atoms with Crippen molar-refractivity contribution in [1.82, 2.24) is 59.1 Å². The van der Waals surface area contributed by atoms with Crippen LogP contribution in [0.4, 0.5) is 0 Å². The molecule has 8 aliphatic rings. The molecule has 0 unspecified atom stereocenters. The number of nitrogens with zero attached hydrogens (tertiary/aromatic N) is 12. The number of methoxy groups -OCH3 is 4. The molecule has 8 fully saturated rings. The zero-order valence-corrected chi connectivity index (χ0v) is 80.2. The van der Waals surface area contributed by atoms with Crippen LogP contribution in [-0.4, -0.2) is 263 Å². The van der Waals surface area contributed by atoms with Crippen molar-refractivity contribution < 1.29 is 38.7 Å². The van der Waals surface area contributed by atoms with Gasteiger partial charge >= 0.3 is 0 Å². The largest absolute Gasteiger partial charge is 0.497 e. The highest BCUT2D eigenvalue weighted by Crippen LogP contribution is 2.48. The normalized spacial score (nSPS) is 23.1. The van der Waals surface area contributed by atoms with Crippen LogP contribution >= 0.6 is 0 Å². The number of aliphatic hydroxyl groups excluding tert-OH is 2. The van der Waals surface area contributed by atoms with E-state index in [9.17, 15) is 19.8 Å². The predicted octanol–water partition coefficient (Wildman–Crippen LogP) is 17.8. The number of benzene rings is 8. The zero-order chi connectivity index (χ0) is 93.6. The maximum absolute atomic E-state index is 13.3. The molecule has 2 N–H and O–H groups in total. The number of fused-ring (bicyclic) bond motifs is 4. The Kier molecular flexibility index (Phi) is 33.3. The SMILES string of the molecule is COC[C@@H]1[C@@H](c2ccc(-c3cccc(OC)c3)cc2)[C@@H]2CN(C(=O)Cc3ccncc3)CCCCN12.COC[C@@H]1[C@H](c2ccc(-c3cccc(C)c3)cc2)[C@H]2CN(Cc3cccnc3)CCCCN12.COc1cccc(-c2ccc([C@@H]3[C@@H](CO)N4CCCCN(C(=O)Cc5ccncc5)C[C@@H]34)cc2)c1.Cc1cccc(-c2ccc([C@H]3[C@@H](CO)N4CCCCN(Cc5cccnc5)C[C@H]34)cc2)c1. The second-order valence-corrected chi connectivity index (χ2v) is 38.3. The van der Waals surface area contributed by atoms with Gasteiger partial charge in [-0.3, -0.25) is 58.9 Å². The van der Waals surface area contributed by atoms with Crippen LogP contribution < -0.4 is 9.47 Å². The molecule has 12 aromatic rings. The number of ether oxygens (including phenoxy) is 4. The number of aromatic nitrogens is 4. The average Bonchev–Trinajstić information content (AvgIpc) is 0.755. The van der Waals surface area contributed by atoms with Crippen LogP contribution in [0.3, 0.4) is 0 Å². The molecule has 0 spiro atoms. The van der Waals surface area contributed by atoms with E-state index in [1.165, 1.54) is 105 Å². The molecule has 20 rings (SSSR count). The lowest BCUT2D eigenvalue weighted by Crippen LogP contribution is -2.68. The Morgan fingerprint density at radius 3 is 0.956 bits per heavy atom. The summed E-state index contributed by atoms with van der Waals surface area (Å²) in [5, 5.41) is 20.5. The van der Waals surface area contributed by atoms with Gasteiger partial charge in [0.25, 0.3) is 0 Å². The molecule has 8 aromatic carbocycles. The summed E-state index contributed by atoms with van der Waals surface area (Å²) in [6, 6.07) is 88.3. The number of hydrogen-bond acceptors (Lipinski definition) is 18. The summed E-state index contributed by atoms with van der Waals surface area (Å²) in [4.78, 5) is 62.8. The van der Waals surface area contributed by atoms with E-state index >= 15 is 0 Å². The molecule has 4 aromatic heterocycles. The van der Waals surface area contributed by atoms with Gasteiger partial charge < -0.3 is 39.0 Å². The molecule has 20 heteroatoms. The van der Waals surface area contributed by atoms with Gasteiger partial charge in [-0.15, -0.1) is 0 Å². The van der Waals surface area contributed by atoms with Gasteiger partial charge in [0.1, 0.15) is 11.5 Å². The standard InChI is InChI=1S/C30H35N3O3.C29H33N3O3.C29H35N3O.C28H33N3O/c1-35-21-28-30(24-10-8-23(9-11-24)25-6-5-7-26(19-25)36-2)27-20-32(16-3-4-17-33(27)28)29(34)18-22-12-14-31-15-13-22;1-35-25-6-4-5-24(18-25)22-7-9-23(10-8-22)29-26-19-31(15-2-3-16-32(26)27(29)20-33)28(34)17-21-11-13-30-14-12-21;1-22-7-5-9-26(17-22)24-10-12-25(13-11-24)29-27-20-31(19-23-8-6-14-30-18-23)15-3-4-16-32(27)28(29)21-33-2;1-21-6-4-8-25(16-21)23-9-11-24(12-10-23)28-26-19-30(18-22-7-5-13-29-17-22)14-2-3-15-31(26)27(28)20-32/h5-15,19,27-28,30H,3-4,16-18,20-21H2,1-2H3;4-14,18,26-27,29,33H,2-3,15-17,19-20H2,1H3;5-14,17-18,27-29H,3-4,15-16,19-21H2,1-2H3;4-13,16-17,26-28,32H,2-3,14-15,18-20H2,1H3/t27-,28+,30-;26-,27+,29-;27-,28-,29-;26-,27-,28-/m0011/s1. The number of carbonyl (C=O) groups excluding carboxylic acids is 2. The average molecular weight is 1830 g/mol. The monoisotopic (exact) mass is 1830 g/mol. The number of aryl methyl sites for hydroxylation is 2. The van der Waals surface area contributed by atoms with Gasteiger partial charge in [-0.2, -0.15) is 0 Å². The highest BCUT2D eigenvalue weighted by Gasteiger charge is 2.54. The Balaban J connectivity index is 0.000000126. The molecule has 708 valence electrons. The summed E-state index contributed by atoms with van der Waals surface area (Å²) in [7, 11) is 7.00. The number of amides is 2. The number of rotatable bonds is 24. The first kappa shape index (κ1) is 96.2. The van der Waals surface area contributed by atoms with Gasteiger partial charge in [-0.25, -0.2) is 0 Å². The van der Waals surface area contributed by atoms with Gasteiger partial charge in [0.15, 0.2) is 0 Å². The van der Waals surface area contributed by atoms with E-state index in [4.69, 9.17) is 18.9 Å². The minimum atomic E-state index is 0.0953. The quantitative estimate of drug-likeness (QED) is 0.0580. The van der Waals surface area contributed by atoms with E-state index in [1.807, 2.05) is 104 Å². The summed E-state index contributed by atoms with van der Waals surface area (Å²) in [5.74, 6) is 3.48. The number of hydrogen-bond donors (Lipinski definition) is 2. The van der Waals surface area contributed by atoms with Crippen molar-refractivity contribution in [2.24, 2.45) is 0 Å². The van der Waals surface area contributed by atoms with Crippen LogP contribution in [0, 0.1) is 13.8 Å². The predicted molar refractivity (Wildman–Crippen MR) is 541 cm³/mol. The fourth-order valence-corrected chi connectivity index (χ4v) is 22.9. The number of pyridine rings is 4. The van der Waals surface area contributed by atoms with E-state index in [1.54, 1.807) is 46.1 Å². The third-order valence-electron chi connectivity index (χ3n) is 29.8. The summed E-state index contributed by atoms with van der Waals surface area (Å²) in [6.45, 7) is 19.9. The van der Waals surface area contributed by atoms with Crippen molar-refractivity contribution in [2.75, 3.05) is 133 Å². The van der Waals surface area contributed by atoms with E-state index in [2.05, 4.69) is 244 Å². The van der Waals surface area contributed by atoms with Crippen molar-refractivity contribution in [3.63, 3.8) is 0 Å². The molecule has 0 aliphatic carbocycles. The molecule has 2 amide bonds. The molecule has 20 nitrogen and oxygen atoms in total. The zero-order valence-electron chi connectivity index (χ0n) is 80.2. The fourth-order valence-electron chi connectivity index (χ4n) is 22.9. The van der Waals surface area contributed by atoms with E-state index < -0.39 is 0 Å². The Morgan fingerprint density at radius 2 is 0.632 bits per heavy atom. The van der Waals surface area contributed by atoms with Crippen molar-refractivity contribution in [3.8, 4) is 56.0 Å². The van der Waals surface area contributed by atoms with Crippen LogP contribution in [0.2, 0.25) is 0 Å². The van der Waals surface area contributed by atoms with Crippen LogP contribution in [0.25, 0.3) is 44.5 Å². The summed E-state index contributed by atoms with van der Waals surface area (Å²) < 4.78 is 22.1. The van der Waals surface area contributed by atoms with E-state index in [0.717, 1.165) is 150 Å². The van der Waals surface area contributed by atoms with Gasteiger partial charge in [0.2, 0.25) is 11.8 Å². The Hall–Kier alpha value is -11.5. The molecule has 8 saturated heterocycles. The molecule has 0 bridgehead atoms. The van der Waals surface area contributed by atoms with Crippen molar-refractivity contribution in [3.05, 3.63) is 348 Å². The Labute approximate surface area is 805 Å². The molecule has 12 heterocycles. The van der Waals surface area contributed by atoms with Crippen molar-refractivity contribution >= 4 is 11.8 Å². The minimum Gasteiger partial charge on any atom is -0.497 e. The third-order valence-corrected chi connectivity index (χ3v) is 29.8. The lowest BCUT2D eigenvalue weighted by atomic mass is 9.74. The lowest BCUT2D eigenvalue weighted by Gasteiger charge is -2.57. The maximum atomic E-state index is 13.3. The number of aliphatic hydroxyl groups is 2. The van der Waals surface area contributed by atoms with Gasteiger partial charge in [-0.1, -0.05) is 193 Å². The van der Waals surface area contributed by atoms with Crippen LogP contribution in [0.15, 0.2) is 292 Å². The molecular weight excluding hydrogens is 1690 g/mol. The minimum absolute atomic E-state index is 0.0953. The van der Waals surface area contributed by atoms with Gasteiger partial charge in [-0.05, 0) is 254 Å². The molecule has 0 radical (unpaired) electrons. The van der Waals surface area contributed by atoms with Crippen LogP contribution in [0.5, 0.6) is 11.5 Å². The maximum Gasteiger partial charge on any atom is 0.227 e. The topological polar surface area (TPSA) is 189 Å². The summed E-state index contributed by atoms with van der Waals surface area (Å²) in [5.41, 5.74) is 22.2. The summed E-state index contributed by atoms with van der Waals surface area (Å²) in [6.07, 6.45) is 24.5.